The molecule has 1 amide bonds. The second-order valence-corrected chi connectivity index (χ2v) is 9.28. The van der Waals surface area contributed by atoms with Crippen molar-refractivity contribution in [1.82, 2.24) is 14.6 Å². The van der Waals surface area contributed by atoms with Gasteiger partial charge in [0.2, 0.25) is 0 Å². The van der Waals surface area contributed by atoms with Crippen LogP contribution in [-0.2, 0) is 12.8 Å². The molecule has 0 saturated carbocycles. The molecule has 6 nitrogen and oxygen atoms in total. The van der Waals surface area contributed by atoms with Crippen molar-refractivity contribution in [3.05, 3.63) is 57.5 Å². The summed E-state index contributed by atoms with van der Waals surface area (Å²) in [6.45, 7) is 2.22. The molecule has 4 heterocycles. The van der Waals surface area contributed by atoms with Crippen LogP contribution >= 0.6 is 22.7 Å². The molecule has 0 radical (unpaired) electrons. The molecule has 4 aromatic rings. The van der Waals surface area contributed by atoms with Gasteiger partial charge < -0.3 is 5.32 Å². The van der Waals surface area contributed by atoms with Gasteiger partial charge in [-0.05, 0) is 48.3 Å². The van der Waals surface area contributed by atoms with Crippen LogP contribution in [-0.4, -0.2) is 20.5 Å². The topological polar surface area (TPSA) is 83.1 Å². The lowest BCUT2D eigenvalue weighted by Gasteiger charge is -2.17. The van der Waals surface area contributed by atoms with E-state index < -0.39 is 0 Å². The molecule has 1 unspecified atom stereocenters. The summed E-state index contributed by atoms with van der Waals surface area (Å²) in [4.78, 5) is 19.5. The van der Waals surface area contributed by atoms with Gasteiger partial charge in [-0.25, -0.2) is 9.50 Å². The van der Waals surface area contributed by atoms with Crippen molar-refractivity contribution in [2.24, 2.45) is 5.92 Å². The van der Waals surface area contributed by atoms with Crippen molar-refractivity contribution in [2.45, 2.75) is 26.2 Å². The molecular formula is C21H17N5OS2. The number of thiophene rings is 2. The van der Waals surface area contributed by atoms with Gasteiger partial charge in [-0.1, -0.05) is 13.0 Å². The van der Waals surface area contributed by atoms with Gasteiger partial charge in [0.1, 0.15) is 11.1 Å². The molecule has 5 rings (SSSR count). The van der Waals surface area contributed by atoms with Crippen molar-refractivity contribution < 1.29 is 4.79 Å². The highest BCUT2D eigenvalue weighted by molar-refractivity contribution is 7.16. The number of nitrogens with one attached hydrogen (secondary N) is 1. The summed E-state index contributed by atoms with van der Waals surface area (Å²) in [5.41, 5.74) is 3.49. The molecule has 0 aromatic carbocycles. The zero-order valence-electron chi connectivity index (χ0n) is 15.7. The molecule has 4 aromatic heterocycles. The van der Waals surface area contributed by atoms with Crippen LogP contribution < -0.4 is 5.32 Å². The third kappa shape index (κ3) is 3.12. The number of hydrogen-bond donors (Lipinski definition) is 1. The molecule has 8 heteroatoms. The van der Waals surface area contributed by atoms with Gasteiger partial charge in [-0.3, -0.25) is 4.79 Å². The van der Waals surface area contributed by atoms with Crippen LogP contribution in [0, 0.1) is 17.2 Å². The predicted molar refractivity (Wildman–Crippen MR) is 114 cm³/mol. The first-order valence-corrected chi connectivity index (χ1v) is 11.1. The lowest BCUT2D eigenvalue weighted by molar-refractivity contribution is 0.102. The fourth-order valence-corrected chi connectivity index (χ4v) is 5.83. The zero-order chi connectivity index (χ0) is 20.0. The van der Waals surface area contributed by atoms with E-state index in [1.54, 1.807) is 28.1 Å². The molecule has 144 valence electrons. The quantitative estimate of drug-likeness (QED) is 0.519. The number of amides is 1. The second-order valence-electron chi connectivity index (χ2n) is 7.23. The number of aromatic nitrogens is 3. The first-order valence-electron chi connectivity index (χ1n) is 9.38. The number of hydrogen-bond acceptors (Lipinski definition) is 6. The Balaban J connectivity index is 1.49. The van der Waals surface area contributed by atoms with Crippen molar-refractivity contribution >= 4 is 39.2 Å². The summed E-state index contributed by atoms with van der Waals surface area (Å²) < 4.78 is 1.69. The summed E-state index contributed by atoms with van der Waals surface area (Å²) in [5, 5.41) is 19.7. The Morgan fingerprint density at radius 2 is 2.31 bits per heavy atom. The monoisotopic (exact) mass is 419 g/mol. The smallest absolute Gasteiger partial charge is 0.276 e. The molecule has 1 aliphatic rings. The molecular weight excluding hydrogens is 402 g/mol. The Morgan fingerprint density at radius 1 is 1.41 bits per heavy atom. The summed E-state index contributed by atoms with van der Waals surface area (Å²) in [5.74, 6) is 0.284. The maximum absolute atomic E-state index is 12.9. The van der Waals surface area contributed by atoms with Crippen LogP contribution in [0.1, 0.15) is 39.8 Å². The maximum Gasteiger partial charge on any atom is 0.276 e. The molecule has 0 spiro atoms. The Labute approximate surface area is 175 Å². The number of carbonyl (C=O) groups is 1. The van der Waals surface area contributed by atoms with Crippen molar-refractivity contribution in [2.75, 3.05) is 5.32 Å². The van der Waals surface area contributed by atoms with E-state index in [2.05, 4.69) is 28.4 Å². The van der Waals surface area contributed by atoms with E-state index in [0.29, 0.717) is 22.1 Å². The van der Waals surface area contributed by atoms with Crippen LogP contribution in [0.2, 0.25) is 0 Å². The highest BCUT2D eigenvalue weighted by Gasteiger charge is 2.25. The van der Waals surface area contributed by atoms with Gasteiger partial charge in [0.15, 0.2) is 11.3 Å². The Bertz CT molecular complexity index is 1260. The number of carbonyl (C=O) groups excluding carboxylic acids is 1. The summed E-state index contributed by atoms with van der Waals surface area (Å²) >= 11 is 3.13. The number of fused-ring (bicyclic) bond motifs is 2. The molecule has 1 N–H and O–H groups in total. The average Bonchev–Trinajstić information content (AvgIpc) is 3.45. The van der Waals surface area contributed by atoms with Gasteiger partial charge in [0.25, 0.3) is 5.91 Å². The minimum Gasteiger partial charge on any atom is -0.311 e. The van der Waals surface area contributed by atoms with Gasteiger partial charge in [-0.15, -0.1) is 22.7 Å². The Hall–Kier alpha value is -3.02. The van der Waals surface area contributed by atoms with Gasteiger partial charge in [0, 0.05) is 17.1 Å². The standard InChI is InChI=1S/C21H17N5OS2/c1-12-4-5-13-14(11-22)21(29-18(13)9-12)24-20(27)15-10-19-23-7-6-16(26(19)25-15)17-3-2-8-28-17/h2-3,6-8,10,12H,4-5,9H2,1H3,(H,24,27). The van der Waals surface area contributed by atoms with E-state index >= 15 is 0 Å². The van der Waals surface area contributed by atoms with Crippen LogP contribution in [0.4, 0.5) is 5.00 Å². The van der Waals surface area contributed by atoms with E-state index in [-0.39, 0.29) is 11.6 Å². The highest BCUT2D eigenvalue weighted by Crippen LogP contribution is 2.39. The summed E-state index contributed by atoms with van der Waals surface area (Å²) in [7, 11) is 0. The molecule has 0 saturated heterocycles. The SMILES string of the molecule is CC1CCc2c(sc(NC(=O)c3cc4nccc(-c5cccs5)n4n3)c2C#N)C1. The predicted octanol–water partition coefficient (Wildman–Crippen LogP) is 4.77. The van der Waals surface area contributed by atoms with Crippen molar-refractivity contribution in [3.8, 4) is 16.6 Å². The minimum absolute atomic E-state index is 0.283. The largest absolute Gasteiger partial charge is 0.311 e. The van der Waals surface area contributed by atoms with Gasteiger partial charge in [-0.2, -0.15) is 10.4 Å². The van der Waals surface area contributed by atoms with Gasteiger partial charge >= 0.3 is 0 Å². The van der Waals surface area contributed by atoms with Crippen LogP contribution in [0.25, 0.3) is 16.2 Å². The summed E-state index contributed by atoms with van der Waals surface area (Å²) in [6.07, 6.45) is 4.66. The van der Waals surface area contributed by atoms with E-state index in [0.717, 1.165) is 35.4 Å². The molecule has 0 bridgehead atoms. The Morgan fingerprint density at radius 3 is 3.10 bits per heavy atom. The number of nitriles is 1. The number of nitrogens with zero attached hydrogens (tertiary/aromatic N) is 4. The third-order valence-corrected chi connectivity index (χ3v) is 7.28. The van der Waals surface area contributed by atoms with Crippen LogP contribution in [0.5, 0.6) is 0 Å². The third-order valence-electron chi connectivity index (χ3n) is 5.21. The molecule has 0 aliphatic heterocycles. The highest BCUT2D eigenvalue weighted by atomic mass is 32.1. The maximum atomic E-state index is 12.9. The Kier molecular flexibility index (Phi) is 4.42. The second kappa shape index (κ2) is 7.10. The average molecular weight is 420 g/mol. The van der Waals surface area contributed by atoms with E-state index in [1.165, 1.54) is 16.2 Å². The molecule has 1 aliphatic carbocycles. The van der Waals surface area contributed by atoms with Crippen LogP contribution in [0.3, 0.4) is 0 Å². The molecule has 29 heavy (non-hydrogen) atoms. The van der Waals surface area contributed by atoms with Gasteiger partial charge in [0.05, 0.1) is 16.1 Å². The fraction of sp³-hybridized carbons (Fsp3) is 0.238. The normalized spacial score (nSPS) is 15.8. The minimum atomic E-state index is -0.323. The summed E-state index contributed by atoms with van der Waals surface area (Å²) in [6, 6.07) is 9.84. The zero-order valence-corrected chi connectivity index (χ0v) is 17.3. The molecule has 0 fully saturated rings. The van der Waals surface area contributed by atoms with E-state index in [4.69, 9.17) is 0 Å². The van der Waals surface area contributed by atoms with Crippen molar-refractivity contribution in [1.29, 1.82) is 5.26 Å². The van der Waals surface area contributed by atoms with Crippen molar-refractivity contribution in [3.63, 3.8) is 0 Å². The number of rotatable bonds is 3. The van der Waals surface area contributed by atoms with Crippen LogP contribution in [0.15, 0.2) is 35.8 Å². The van der Waals surface area contributed by atoms with E-state index in [1.807, 2.05) is 23.6 Å². The first-order chi connectivity index (χ1) is 14.1. The lowest BCUT2D eigenvalue weighted by atomic mass is 9.89. The first kappa shape index (κ1) is 18.0. The van der Waals surface area contributed by atoms with E-state index in [9.17, 15) is 10.1 Å². The fourth-order valence-electron chi connectivity index (χ4n) is 3.74. The number of anilines is 1. The lowest BCUT2D eigenvalue weighted by Crippen LogP contribution is -2.13. The molecule has 1 atom stereocenters.